The van der Waals surface area contributed by atoms with E-state index in [2.05, 4.69) is 4.98 Å². The van der Waals surface area contributed by atoms with Crippen LogP contribution in [0.15, 0.2) is 5.38 Å². The van der Waals surface area contributed by atoms with Crippen molar-refractivity contribution in [3.63, 3.8) is 0 Å². The topological polar surface area (TPSA) is 53.5 Å². The number of aromatic nitrogens is 1. The normalized spacial score (nSPS) is 16.8. The van der Waals surface area contributed by atoms with Gasteiger partial charge in [-0.3, -0.25) is 9.59 Å². The molecule has 1 saturated heterocycles. The first kappa shape index (κ1) is 12.3. The Labute approximate surface area is 108 Å². The smallest absolute Gasteiger partial charge is 0.312 e. The van der Waals surface area contributed by atoms with Crippen molar-refractivity contribution in [2.75, 3.05) is 20.1 Å². The van der Waals surface area contributed by atoms with Gasteiger partial charge in [0, 0.05) is 25.5 Å². The van der Waals surface area contributed by atoms with Crippen LogP contribution in [0.2, 0.25) is 0 Å². The number of amides is 2. The predicted octanol–water partition coefficient (Wildman–Crippen LogP) is 0.682. The molecule has 0 aliphatic carbocycles. The van der Waals surface area contributed by atoms with Gasteiger partial charge in [-0.15, -0.1) is 22.9 Å². The maximum Gasteiger partial charge on any atom is 0.312 e. The lowest BCUT2D eigenvalue weighted by atomic mass is 10.3. The van der Waals surface area contributed by atoms with Gasteiger partial charge in [0.25, 0.3) is 0 Å². The van der Waals surface area contributed by atoms with E-state index in [-0.39, 0.29) is 0 Å². The van der Waals surface area contributed by atoms with Crippen LogP contribution in [0.25, 0.3) is 0 Å². The Kier molecular flexibility index (Phi) is 3.63. The minimum Gasteiger partial charge on any atom is -0.336 e. The first-order valence-corrected chi connectivity index (χ1v) is 6.57. The summed E-state index contributed by atoms with van der Waals surface area (Å²) in [5.41, 5.74) is 0.805. The van der Waals surface area contributed by atoms with E-state index in [1.807, 2.05) is 5.38 Å². The Morgan fingerprint density at radius 3 is 2.82 bits per heavy atom. The molecule has 1 aromatic heterocycles. The summed E-state index contributed by atoms with van der Waals surface area (Å²) >= 11 is 7.11. The second-order valence-electron chi connectivity index (χ2n) is 3.82. The fourth-order valence-corrected chi connectivity index (χ4v) is 2.61. The Hall–Kier alpha value is -1.14. The van der Waals surface area contributed by atoms with E-state index in [4.69, 9.17) is 11.6 Å². The Morgan fingerprint density at radius 2 is 2.18 bits per heavy atom. The zero-order valence-electron chi connectivity index (χ0n) is 9.35. The number of carbonyl (C=O) groups is 2. The minimum atomic E-state index is -0.457. The minimum absolute atomic E-state index is 0.367. The molecule has 17 heavy (non-hydrogen) atoms. The summed E-state index contributed by atoms with van der Waals surface area (Å²) < 4.78 is 0. The lowest BCUT2D eigenvalue weighted by Gasteiger charge is -2.30. The third kappa shape index (κ3) is 2.58. The molecule has 0 radical (unpaired) electrons. The van der Waals surface area contributed by atoms with Crippen molar-refractivity contribution in [1.29, 1.82) is 0 Å². The highest BCUT2D eigenvalue weighted by atomic mass is 35.5. The highest BCUT2D eigenvalue weighted by Gasteiger charge is 2.30. The van der Waals surface area contributed by atoms with Crippen molar-refractivity contribution >= 4 is 34.8 Å². The molecule has 0 spiro atoms. The van der Waals surface area contributed by atoms with E-state index in [0.29, 0.717) is 25.5 Å². The maximum absolute atomic E-state index is 11.7. The summed E-state index contributed by atoms with van der Waals surface area (Å²) in [4.78, 5) is 30.4. The Balaban J connectivity index is 2.04. The summed E-state index contributed by atoms with van der Waals surface area (Å²) in [6.45, 7) is 1.51. The zero-order valence-corrected chi connectivity index (χ0v) is 10.9. The SMILES string of the molecule is CN1CCN(Cc2nc(CCl)cs2)C(=O)C1=O. The van der Waals surface area contributed by atoms with Gasteiger partial charge in [0.15, 0.2) is 0 Å². The van der Waals surface area contributed by atoms with Gasteiger partial charge in [0.05, 0.1) is 18.1 Å². The van der Waals surface area contributed by atoms with Crippen LogP contribution >= 0.6 is 22.9 Å². The maximum atomic E-state index is 11.7. The van der Waals surface area contributed by atoms with Crippen LogP contribution in [0.3, 0.4) is 0 Å². The van der Waals surface area contributed by atoms with Crippen LogP contribution < -0.4 is 0 Å². The number of nitrogens with zero attached hydrogens (tertiary/aromatic N) is 3. The largest absolute Gasteiger partial charge is 0.336 e. The molecular formula is C10H12ClN3O2S. The van der Waals surface area contributed by atoms with Gasteiger partial charge in [-0.2, -0.15) is 0 Å². The second kappa shape index (κ2) is 5.01. The second-order valence-corrected chi connectivity index (χ2v) is 5.03. The molecule has 0 unspecified atom stereocenters. The Bertz CT molecular complexity index is 449. The van der Waals surface area contributed by atoms with E-state index in [0.717, 1.165) is 10.7 Å². The van der Waals surface area contributed by atoms with Crippen molar-refractivity contribution in [3.05, 3.63) is 16.1 Å². The van der Waals surface area contributed by atoms with E-state index < -0.39 is 11.8 Å². The fraction of sp³-hybridized carbons (Fsp3) is 0.500. The van der Waals surface area contributed by atoms with Gasteiger partial charge in [-0.05, 0) is 0 Å². The van der Waals surface area contributed by atoms with Crippen LogP contribution in [0.4, 0.5) is 0 Å². The van der Waals surface area contributed by atoms with E-state index in [9.17, 15) is 9.59 Å². The molecule has 0 bridgehead atoms. The lowest BCUT2D eigenvalue weighted by Crippen LogP contribution is -2.52. The van der Waals surface area contributed by atoms with Crippen LogP contribution in [-0.4, -0.2) is 46.7 Å². The molecule has 1 aliphatic heterocycles. The molecule has 1 fully saturated rings. The number of alkyl halides is 1. The molecule has 2 heterocycles. The highest BCUT2D eigenvalue weighted by Crippen LogP contribution is 2.15. The van der Waals surface area contributed by atoms with Crippen LogP contribution in [0, 0.1) is 0 Å². The molecule has 92 valence electrons. The summed E-state index contributed by atoms with van der Waals surface area (Å²) in [5.74, 6) is -0.543. The lowest BCUT2D eigenvalue weighted by molar-refractivity contribution is -0.155. The van der Waals surface area contributed by atoms with Crippen molar-refractivity contribution < 1.29 is 9.59 Å². The highest BCUT2D eigenvalue weighted by molar-refractivity contribution is 7.09. The first-order valence-electron chi connectivity index (χ1n) is 5.15. The molecule has 1 aromatic rings. The van der Waals surface area contributed by atoms with Gasteiger partial charge < -0.3 is 9.80 Å². The average molecular weight is 274 g/mol. The number of likely N-dealkylation sites (N-methyl/N-ethyl adjacent to an activating group) is 1. The number of piperazine rings is 1. The average Bonchev–Trinajstić information content (AvgIpc) is 2.78. The zero-order chi connectivity index (χ0) is 12.4. The molecular weight excluding hydrogens is 262 g/mol. The molecule has 0 aromatic carbocycles. The molecule has 2 amide bonds. The van der Waals surface area contributed by atoms with E-state index in [1.165, 1.54) is 21.1 Å². The van der Waals surface area contributed by atoms with Gasteiger partial charge in [0.2, 0.25) is 0 Å². The van der Waals surface area contributed by atoms with Crippen molar-refractivity contribution in [2.24, 2.45) is 0 Å². The van der Waals surface area contributed by atoms with E-state index >= 15 is 0 Å². The number of thiazole rings is 1. The molecule has 0 atom stereocenters. The quantitative estimate of drug-likeness (QED) is 0.601. The molecule has 1 aliphatic rings. The van der Waals surface area contributed by atoms with Crippen LogP contribution in [0.5, 0.6) is 0 Å². The van der Waals surface area contributed by atoms with Gasteiger partial charge >= 0.3 is 11.8 Å². The monoisotopic (exact) mass is 273 g/mol. The fourth-order valence-electron chi connectivity index (χ4n) is 1.57. The number of carbonyl (C=O) groups excluding carboxylic acids is 2. The molecule has 2 rings (SSSR count). The summed E-state index contributed by atoms with van der Waals surface area (Å²) in [5, 5.41) is 2.68. The molecule has 7 heteroatoms. The number of rotatable bonds is 3. The van der Waals surface area contributed by atoms with Crippen molar-refractivity contribution in [3.8, 4) is 0 Å². The Morgan fingerprint density at radius 1 is 1.41 bits per heavy atom. The summed E-state index contributed by atoms with van der Waals surface area (Å²) in [6.07, 6.45) is 0. The summed E-state index contributed by atoms with van der Waals surface area (Å²) in [7, 11) is 1.63. The van der Waals surface area contributed by atoms with E-state index in [1.54, 1.807) is 7.05 Å². The number of hydrogen-bond acceptors (Lipinski definition) is 4. The molecule has 5 nitrogen and oxygen atoms in total. The van der Waals surface area contributed by atoms with Crippen LogP contribution in [0.1, 0.15) is 10.7 Å². The molecule has 0 saturated carbocycles. The number of hydrogen-bond donors (Lipinski definition) is 0. The third-order valence-corrected chi connectivity index (χ3v) is 3.74. The summed E-state index contributed by atoms with van der Waals surface area (Å²) in [6, 6.07) is 0. The first-order chi connectivity index (χ1) is 8.11. The third-order valence-electron chi connectivity index (χ3n) is 2.58. The molecule has 0 N–H and O–H groups in total. The van der Waals surface area contributed by atoms with Crippen molar-refractivity contribution in [1.82, 2.24) is 14.8 Å². The van der Waals surface area contributed by atoms with Gasteiger partial charge in [0.1, 0.15) is 5.01 Å². The van der Waals surface area contributed by atoms with Gasteiger partial charge in [-0.1, -0.05) is 0 Å². The predicted molar refractivity (Wildman–Crippen MR) is 64.7 cm³/mol. The van der Waals surface area contributed by atoms with Crippen molar-refractivity contribution in [2.45, 2.75) is 12.4 Å². The standard InChI is InChI=1S/C10H12ClN3O2S/c1-13-2-3-14(10(16)9(13)15)5-8-12-7(4-11)6-17-8/h6H,2-5H2,1H3. The van der Waals surface area contributed by atoms with Gasteiger partial charge in [-0.25, -0.2) is 4.98 Å². The number of halogens is 1. The van der Waals surface area contributed by atoms with Crippen LogP contribution in [-0.2, 0) is 22.0 Å².